The van der Waals surface area contributed by atoms with Crippen molar-refractivity contribution in [1.29, 1.82) is 0 Å². The van der Waals surface area contributed by atoms with Gasteiger partial charge in [-0.1, -0.05) is 12.1 Å². The summed E-state index contributed by atoms with van der Waals surface area (Å²) in [6, 6.07) is 9.12. The van der Waals surface area contributed by atoms with E-state index in [1.54, 1.807) is 24.3 Å². The quantitative estimate of drug-likeness (QED) is 0.764. The van der Waals surface area contributed by atoms with Crippen molar-refractivity contribution in [3.8, 4) is 0 Å². The SMILES string of the molecule is CCNC(=O)c1ccc(NCC(O)c2cccc(F)c2)nc1. The fourth-order valence-electron chi connectivity index (χ4n) is 1.93. The van der Waals surface area contributed by atoms with Crippen LogP contribution >= 0.6 is 0 Å². The van der Waals surface area contributed by atoms with Gasteiger partial charge in [-0.3, -0.25) is 4.79 Å². The molecule has 0 spiro atoms. The molecule has 1 heterocycles. The Labute approximate surface area is 128 Å². The second kappa shape index (κ2) is 7.51. The summed E-state index contributed by atoms with van der Waals surface area (Å²) >= 11 is 0. The summed E-state index contributed by atoms with van der Waals surface area (Å²) in [6.07, 6.45) is 0.614. The highest BCUT2D eigenvalue weighted by Crippen LogP contribution is 2.15. The van der Waals surface area contributed by atoms with Gasteiger partial charge in [0.2, 0.25) is 0 Å². The summed E-state index contributed by atoms with van der Waals surface area (Å²) in [5.41, 5.74) is 0.963. The minimum absolute atomic E-state index is 0.179. The number of amides is 1. The van der Waals surface area contributed by atoms with Crippen LogP contribution in [0.2, 0.25) is 0 Å². The van der Waals surface area contributed by atoms with E-state index in [1.165, 1.54) is 18.3 Å². The second-order valence-electron chi connectivity index (χ2n) is 4.74. The monoisotopic (exact) mass is 303 g/mol. The number of pyridine rings is 1. The molecule has 0 radical (unpaired) electrons. The van der Waals surface area contributed by atoms with Crippen molar-refractivity contribution in [2.45, 2.75) is 13.0 Å². The Morgan fingerprint density at radius 1 is 1.36 bits per heavy atom. The maximum atomic E-state index is 13.1. The fourth-order valence-corrected chi connectivity index (χ4v) is 1.93. The molecule has 1 atom stereocenters. The summed E-state index contributed by atoms with van der Waals surface area (Å²) in [4.78, 5) is 15.7. The normalized spacial score (nSPS) is 11.8. The molecule has 3 N–H and O–H groups in total. The number of carbonyl (C=O) groups excluding carboxylic acids is 1. The Morgan fingerprint density at radius 2 is 2.18 bits per heavy atom. The van der Waals surface area contributed by atoms with E-state index in [0.29, 0.717) is 23.5 Å². The van der Waals surface area contributed by atoms with Crippen LogP contribution in [-0.2, 0) is 0 Å². The number of rotatable bonds is 6. The summed E-state index contributed by atoms with van der Waals surface area (Å²) in [5.74, 6) is -0.0363. The summed E-state index contributed by atoms with van der Waals surface area (Å²) in [7, 11) is 0. The molecule has 6 heteroatoms. The van der Waals surface area contributed by atoms with E-state index in [-0.39, 0.29) is 18.3 Å². The van der Waals surface area contributed by atoms with E-state index in [4.69, 9.17) is 0 Å². The second-order valence-corrected chi connectivity index (χ2v) is 4.74. The number of carbonyl (C=O) groups is 1. The largest absolute Gasteiger partial charge is 0.387 e. The number of hydrogen-bond acceptors (Lipinski definition) is 4. The zero-order valence-electron chi connectivity index (χ0n) is 12.2. The van der Waals surface area contributed by atoms with Crippen molar-refractivity contribution < 1.29 is 14.3 Å². The molecule has 5 nitrogen and oxygen atoms in total. The molecule has 22 heavy (non-hydrogen) atoms. The first-order chi connectivity index (χ1) is 10.6. The first-order valence-corrected chi connectivity index (χ1v) is 7.01. The average molecular weight is 303 g/mol. The van der Waals surface area contributed by atoms with Gasteiger partial charge in [-0.15, -0.1) is 0 Å². The van der Waals surface area contributed by atoms with Crippen LogP contribution in [0, 0.1) is 5.82 Å². The molecule has 0 aliphatic rings. The van der Waals surface area contributed by atoms with E-state index in [1.807, 2.05) is 6.92 Å². The van der Waals surface area contributed by atoms with Crippen LogP contribution in [0.5, 0.6) is 0 Å². The Morgan fingerprint density at radius 3 is 2.82 bits per heavy atom. The Balaban J connectivity index is 1.93. The molecular weight excluding hydrogens is 285 g/mol. The lowest BCUT2D eigenvalue weighted by Crippen LogP contribution is -2.22. The maximum Gasteiger partial charge on any atom is 0.252 e. The Hall–Kier alpha value is -2.47. The highest BCUT2D eigenvalue weighted by atomic mass is 19.1. The third kappa shape index (κ3) is 4.26. The van der Waals surface area contributed by atoms with Crippen LogP contribution in [-0.4, -0.2) is 29.1 Å². The van der Waals surface area contributed by atoms with E-state index >= 15 is 0 Å². The minimum Gasteiger partial charge on any atom is -0.387 e. The van der Waals surface area contributed by atoms with Crippen molar-refractivity contribution in [2.24, 2.45) is 0 Å². The van der Waals surface area contributed by atoms with Crippen LogP contribution < -0.4 is 10.6 Å². The third-order valence-corrected chi connectivity index (χ3v) is 3.07. The predicted octanol–water partition coefficient (Wildman–Crippen LogP) is 2.12. The molecule has 1 amide bonds. The van der Waals surface area contributed by atoms with E-state index in [0.717, 1.165) is 0 Å². The first kappa shape index (κ1) is 15.9. The van der Waals surface area contributed by atoms with Gasteiger partial charge >= 0.3 is 0 Å². The molecule has 0 fully saturated rings. The lowest BCUT2D eigenvalue weighted by atomic mass is 10.1. The number of anilines is 1. The minimum atomic E-state index is -0.847. The van der Waals surface area contributed by atoms with Crippen LogP contribution in [0.1, 0.15) is 28.9 Å². The molecule has 0 saturated heterocycles. The maximum absolute atomic E-state index is 13.1. The molecule has 116 valence electrons. The molecule has 0 aliphatic heterocycles. The fraction of sp³-hybridized carbons (Fsp3) is 0.250. The van der Waals surface area contributed by atoms with Gasteiger partial charge in [-0.2, -0.15) is 0 Å². The predicted molar refractivity (Wildman–Crippen MR) is 82.1 cm³/mol. The van der Waals surface area contributed by atoms with Crippen LogP contribution in [0.25, 0.3) is 0 Å². The number of benzene rings is 1. The third-order valence-electron chi connectivity index (χ3n) is 3.07. The van der Waals surface area contributed by atoms with Gasteiger partial charge < -0.3 is 15.7 Å². The number of aromatic nitrogens is 1. The molecular formula is C16H18FN3O2. The molecule has 1 unspecified atom stereocenters. The average Bonchev–Trinajstić information content (AvgIpc) is 2.53. The van der Waals surface area contributed by atoms with Gasteiger partial charge in [0.25, 0.3) is 5.91 Å². The van der Waals surface area contributed by atoms with Gasteiger partial charge in [0, 0.05) is 19.3 Å². The summed E-state index contributed by atoms with van der Waals surface area (Å²) in [5, 5.41) is 15.6. The number of aliphatic hydroxyl groups is 1. The van der Waals surface area contributed by atoms with Crippen molar-refractivity contribution in [3.63, 3.8) is 0 Å². The number of halogens is 1. The lowest BCUT2D eigenvalue weighted by molar-refractivity contribution is 0.0955. The topological polar surface area (TPSA) is 74.2 Å². The molecule has 0 bridgehead atoms. The molecule has 2 rings (SSSR count). The van der Waals surface area contributed by atoms with Gasteiger partial charge in [0.15, 0.2) is 0 Å². The van der Waals surface area contributed by atoms with Gasteiger partial charge in [0.05, 0.1) is 11.7 Å². The molecule has 1 aromatic heterocycles. The standard InChI is InChI=1S/C16H18FN3O2/c1-2-18-16(22)12-6-7-15(19-9-12)20-10-14(21)11-4-3-5-13(17)8-11/h3-9,14,21H,2,10H2,1H3,(H,18,22)(H,19,20). The van der Waals surface area contributed by atoms with E-state index in [9.17, 15) is 14.3 Å². The number of nitrogens with one attached hydrogen (secondary N) is 2. The van der Waals surface area contributed by atoms with Gasteiger partial charge in [0.1, 0.15) is 11.6 Å². The van der Waals surface area contributed by atoms with Crippen molar-refractivity contribution >= 4 is 11.7 Å². The van der Waals surface area contributed by atoms with Crippen molar-refractivity contribution in [3.05, 3.63) is 59.5 Å². The number of aliphatic hydroxyl groups excluding tert-OH is 1. The lowest BCUT2D eigenvalue weighted by Gasteiger charge is -2.13. The Kier molecular flexibility index (Phi) is 5.43. The molecule has 1 aromatic carbocycles. The van der Waals surface area contributed by atoms with Crippen molar-refractivity contribution in [2.75, 3.05) is 18.4 Å². The van der Waals surface area contributed by atoms with E-state index < -0.39 is 6.10 Å². The molecule has 0 aliphatic carbocycles. The van der Waals surface area contributed by atoms with Gasteiger partial charge in [-0.05, 0) is 36.8 Å². The van der Waals surface area contributed by atoms with Crippen LogP contribution in [0.15, 0.2) is 42.6 Å². The highest BCUT2D eigenvalue weighted by Gasteiger charge is 2.09. The molecule has 2 aromatic rings. The highest BCUT2D eigenvalue weighted by molar-refractivity contribution is 5.93. The number of hydrogen-bond donors (Lipinski definition) is 3. The Bertz CT molecular complexity index is 632. The summed E-state index contributed by atoms with van der Waals surface area (Å²) in [6.45, 7) is 2.59. The summed E-state index contributed by atoms with van der Waals surface area (Å²) < 4.78 is 13.1. The van der Waals surface area contributed by atoms with Crippen molar-refractivity contribution in [1.82, 2.24) is 10.3 Å². The van der Waals surface area contributed by atoms with Gasteiger partial charge in [-0.25, -0.2) is 9.37 Å². The number of nitrogens with zero attached hydrogens (tertiary/aromatic N) is 1. The smallest absolute Gasteiger partial charge is 0.252 e. The zero-order valence-corrected chi connectivity index (χ0v) is 12.2. The first-order valence-electron chi connectivity index (χ1n) is 7.01. The zero-order chi connectivity index (χ0) is 15.9. The van der Waals surface area contributed by atoms with E-state index in [2.05, 4.69) is 15.6 Å². The van der Waals surface area contributed by atoms with Crippen LogP contribution in [0.3, 0.4) is 0 Å². The van der Waals surface area contributed by atoms with Crippen LogP contribution in [0.4, 0.5) is 10.2 Å². The molecule has 0 saturated carbocycles.